The van der Waals surface area contributed by atoms with Gasteiger partial charge in [-0.2, -0.15) is 0 Å². The van der Waals surface area contributed by atoms with Crippen molar-refractivity contribution < 1.29 is 9.90 Å². The van der Waals surface area contributed by atoms with E-state index >= 15 is 0 Å². The monoisotopic (exact) mass is 307 g/mol. The maximum absolute atomic E-state index is 10.7. The lowest BCUT2D eigenvalue weighted by Crippen LogP contribution is -1.98. The molecule has 0 aliphatic carbocycles. The minimum absolute atomic E-state index is 0.280. The summed E-state index contributed by atoms with van der Waals surface area (Å²) in [6.07, 6.45) is 19.4. The first kappa shape index (κ1) is 20.5. The van der Waals surface area contributed by atoms with Crippen molar-refractivity contribution in [1.29, 1.82) is 0 Å². The number of carbonyl (C=O) groups excluding carboxylic acids is 1. The molecule has 0 radical (unpaired) electrons. The Morgan fingerprint density at radius 1 is 1.05 bits per heavy atom. The molecule has 1 amide bonds. The predicted molar refractivity (Wildman–Crippen MR) is 91.5 cm³/mol. The van der Waals surface area contributed by atoms with Gasteiger partial charge in [0.25, 0.3) is 5.91 Å². The summed E-state index contributed by atoms with van der Waals surface area (Å²) in [4.78, 5) is 20.5. The zero-order chi connectivity index (χ0) is 16.5. The molecule has 1 atom stereocenters. The normalized spacial score (nSPS) is 13.4. The van der Waals surface area contributed by atoms with E-state index in [4.69, 9.17) is 0 Å². The molecule has 0 aromatic carbocycles. The van der Waals surface area contributed by atoms with Crippen LogP contribution in [0.5, 0.6) is 0 Å². The van der Waals surface area contributed by atoms with E-state index in [1.807, 2.05) is 24.3 Å². The predicted octanol–water partition coefficient (Wildman–Crippen LogP) is 4.84. The van der Waals surface area contributed by atoms with Crippen molar-refractivity contribution in [2.45, 2.75) is 70.8 Å². The molecule has 22 heavy (non-hydrogen) atoms. The molecule has 0 aromatic rings. The van der Waals surface area contributed by atoms with Gasteiger partial charge in [0.05, 0.1) is 6.10 Å². The smallest absolute Gasteiger partial charge is 0.286 e. The van der Waals surface area contributed by atoms with Gasteiger partial charge in [-0.3, -0.25) is 4.79 Å². The van der Waals surface area contributed by atoms with E-state index in [1.165, 1.54) is 0 Å². The zero-order valence-corrected chi connectivity index (χ0v) is 13.6. The van der Waals surface area contributed by atoms with Crippen molar-refractivity contribution >= 4 is 5.91 Å². The lowest BCUT2D eigenvalue weighted by molar-refractivity contribution is -0.118. The summed E-state index contributed by atoms with van der Waals surface area (Å²) in [5, 5.41) is 12.1. The fraction of sp³-hybridized carbons (Fsp3) is 0.611. The molecule has 0 saturated heterocycles. The number of nitroso groups, excluding NO2 is 1. The largest absolute Gasteiger partial charge is 0.389 e. The van der Waals surface area contributed by atoms with Crippen LogP contribution >= 0.6 is 0 Å². The summed E-state index contributed by atoms with van der Waals surface area (Å²) >= 11 is 0. The van der Waals surface area contributed by atoms with Gasteiger partial charge in [-0.1, -0.05) is 62.6 Å². The summed E-state index contributed by atoms with van der Waals surface area (Å²) in [5.74, 6) is -0.541. The van der Waals surface area contributed by atoms with Crippen molar-refractivity contribution in [3.63, 3.8) is 0 Å². The molecule has 1 unspecified atom stereocenters. The van der Waals surface area contributed by atoms with Crippen molar-refractivity contribution in [2.75, 3.05) is 0 Å². The molecule has 0 spiro atoms. The number of carbonyl (C=O) groups is 1. The van der Waals surface area contributed by atoms with Gasteiger partial charge in [0.1, 0.15) is 0 Å². The van der Waals surface area contributed by atoms with Gasteiger partial charge in [-0.05, 0) is 32.1 Å². The minimum Gasteiger partial charge on any atom is -0.389 e. The van der Waals surface area contributed by atoms with Crippen LogP contribution in [0.25, 0.3) is 0 Å². The van der Waals surface area contributed by atoms with Crippen LogP contribution < -0.4 is 0 Å². The molecule has 4 nitrogen and oxygen atoms in total. The van der Waals surface area contributed by atoms with E-state index < -0.39 is 12.0 Å². The van der Waals surface area contributed by atoms with Crippen molar-refractivity contribution in [2.24, 2.45) is 5.18 Å². The molecule has 0 aromatic heterocycles. The standard InChI is InChI=1S/C18H29NO3/c1-2-3-4-11-14-17(20)15-12-9-7-5-6-8-10-13-16-18(21)19-22/h3-4,9,11-12,14,17,20H,2,5-8,10,13,15-16H2,1H3/b4-3-,12-9-,14-11+. The van der Waals surface area contributed by atoms with E-state index in [2.05, 4.69) is 18.2 Å². The van der Waals surface area contributed by atoms with Gasteiger partial charge in [-0.25, -0.2) is 0 Å². The van der Waals surface area contributed by atoms with Gasteiger partial charge >= 0.3 is 0 Å². The molecule has 124 valence electrons. The van der Waals surface area contributed by atoms with E-state index in [0.29, 0.717) is 6.42 Å². The third-order valence-corrected chi connectivity index (χ3v) is 3.22. The number of rotatable bonds is 13. The fourth-order valence-corrected chi connectivity index (χ4v) is 1.95. The number of hydrogen-bond donors (Lipinski definition) is 1. The van der Waals surface area contributed by atoms with Gasteiger partial charge in [0, 0.05) is 11.6 Å². The van der Waals surface area contributed by atoms with E-state index in [0.717, 1.165) is 44.9 Å². The topological polar surface area (TPSA) is 66.7 Å². The SMILES string of the molecule is CC/C=C\C=C\C(O)C/C=C\CCCCCCCC(=O)N=O. The number of amides is 1. The third-order valence-electron chi connectivity index (χ3n) is 3.22. The second kappa shape index (κ2) is 15.8. The Hall–Kier alpha value is -1.55. The van der Waals surface area contributed by atoms with Crippen molar-refractivity contribution in [3.05, 3.63) is 41.4 Å². The molecule has 0 aliphatic heterocycles. The van der Waals surface area contributed by atoms with Crippen molar-refractivity contribution in [3.8, 4) is 0 Å². The highest BCUT2D eigenvalue weighted by molar-refractivity contribution is 5.76. The first-order valence-electron chi connectivity index (χ1n) is 8.23. The van der Waals surface area contributed by atoms with Crippen LogP contribution in [0, 0.1) is 4.91 Å². The highest BCUT2D eigenvalue weighted by Gasteiger charge is 1.99. The molecular formula is C18H29NO3. The second-order valence-electron chi connectivity index (χ2n) is 5.29. The van der Waals surface area contributed by atoms with Crippen LogP contribution in [0.2, 0.25) is 0 Å². The minimum atomic E-state index is -0.541. The van der Waals surface area contributed by atoms with Crippen LogP contribution in [0.1, 0.15) is 64.7 Å². The Morgan fingerprint density at radius 2 is 1.77 bits per heavy atom. The number of unbranched alkanes of at least 4 members (excludes halogenated alkanes) is 5. The van der Waals surface area contributed by atoms with Crippen LogP contribution in [-0.4, -0.2) is 17.1 Å². The number of aliphatic hydroxyl groups excluding tert-OH is 1. The number of nitrogens with zero attached hydrogens (tertiary/aromatic N) is 1. The Labute approximate surface area is 134 Å². The van der Waals surface area contributed by atoms with Gasteiger partial charge < -0.3 is 5.11 Å². The second-order valence-corrected chi connectivity index (χ2v) is 5.29. The average molecular weight is 307 g/mol. The molecule has 0 fully saturated rings. The molecular weight excluding hydrogens is 278 g/mol. The Balaban J connectivity index is 3.43. The fourth-order valence-electron chi connectivity index (χ4n) is 1.95. The number of hydrogen-bond acceptors (Lipinski definition) is 3. The van der Waals surface area contributed by atoms with Crippen LogP contribution in [-0.2, 0) is 4.79 Å². The maximum atomic E-state index is 10.7. The summed E-state index contributed by atoms with van der Waals surface area (Å²) in [7, 11) is 0. The van der Waals surface area contributed by atoms with Crippen molar-refractivity contribution in [1.82, 2.24) is 0 Å². The zero-order valence-electron chi connectivity index (χ0n) is 13.6. The summed E-state index contributed by atoms with van der Waals surface area (Å²) < 4.78 is 0. The third kappa shape index (κ3) is 14.9. The summed E-state index contributed by atoms with van der Waals surface area (Å²) in [5.41, 5.74) is 0. The molecule has 0 saturated carbocycles. The molecule has 0 aliphatic rings. The molecule has 1 N–H and O–H groups in total. The average Bonchev–Trinajstić information content (AvgIpc) is 2.53. The Kier molecular flexibility index (Phi) is 14.7. The number of allylic oxidation sites excluding steroid dienone is 4. The highest BCUT2D eigenvalue weighted by atomic mass is 16.3. The van der Waals surface area contributed by atoms with E-state index in [-0.39, 0.29) is 6.42 Å². The number of aliphatic hydroxyl groups is 1. The molecule has 0 heterocycles. The Morgan fingerprint density at radius 3 is 2.50 bits per heavy atom. The van der Waals surface area contributed by atoms with Crippen LogP contribution in [0.3, 0.4) is 0 Å². The van der Waals surface area contributed by atoms with Crippen LogP contribution in [0.15, 0.2) is 41.6 Å². The first-order chi connectivity index (χ1) is 10.7. The highest BCUT2D eigenvalue weighted by Crippen LogP contribution is 2.08. The van der Waals surface area contributed by atoms with Gasteiger partial charge in [-0.15, -0.1) is 4.91 Å². The van der Waals surface area contributed by atoms with Crippen LogP contribution in [0.4, 0.5) is 0 Å². The Bertz CT molecular complexity index is 373. The quantitative estimate of drug-likeness (QED) is 0.229. The molecule has 0 bridgehead atoms. The lowest BCUT2D eigenvalue weighted by atomic mass is 10.1. The first-order valence-corrected chi connectivity index (χ1v) is 8.23. The van der Waals surface area contributed by atoms with Gasteiger partial charge in [0.15, 0.2) is 0 Å². The lowest BCUT2D eigenvalue weighted by Gasteiger charge is -2.00. The summed E-state index contributed by atoms with van der Waals surface area (Å²) in [6.45, 7) is 2.07. The van der Waals surface area contributed by atoms with E-state index in [1.54, 1.807) is 6.08 Å². The molecule has 0 rings (SSSR count). The summed E-state index contributed by atoms with van der Waals surface area (Å²) in [6, 6.07) is 0. The van der Waals surface area contributed by atoms with E-state index in [9.17, 15) is 14.8 Å². The molecule has 4 heteroatoms. The maximum Gasteiger partial charge on any atom is 0.286 e. The van der Waals surface area contributed by atoms with Gasteiger partial charge in [0.2, 0.25) is 0 Å².